The molecular weight excluding hydrogens is 420 g/mol. The van der Waals surface area contributed by atoms with E-state index in [2.05, 4.69) is 84.9 Å². The molecule has 1 aliphatic carbocycles. The third-order valence-corrected chi connectivity index (χ3v) is 6.43. The molecule has 0 aromatic heterocycles. The van der Waals surface area contributed by atoms with Crippen molar-refractivity contribution in [2.24, 2.45) is 0 Å². The van der Waals surface area contributed by atoms with Crippen molar-refractivity contribution in [3.63, 3.8) is 0 Å². The van der Waals surface area contributed by atoms with Gasteiger partial charge in [-0.3, -0.25) is 0 Å². The molecule has 5 aromatic carbocycles. The highest BCUT2D eigenvalue weighted by atomic mass is 16.1. The fourth-order valence-electron chi connectivity index (χ4n) is 5.13. The number of hydrogen-bond donors (Lipinski definition) is 2. The summed E-state index contributed by atoms with van der Waals surface area (Å²) in [6.07, 6.45) is 6.53. The number of carbonyl (C=O) groups excluding carboxylic acids is 2. The molecule has 0 fully saturated rings. The van der Waals surface area contributed by atoms with Crippen LogP contribution in [-0.2, 0) is 22.4 Å². The molecule has 0 radical (unpaired) electrons. The smallest absolute Gasteiger partial charge is 0.222 e. The van der Waals surface area contributed by atoms with Gasteiger partial charge in [0.15, 0.2) is 0 Å². The quantitative estimate of drug-likeness (QED) is 0.159. The van der Waals surface area contributed by atoms with Gasteiger partial charge < -0.3 is 0 Å². The van der Waals surface area contributed by atoms with E-state index in [0.29, 0.717) is 0 Å². The lowest BCUT2D eigenvalue weighted by atomic mass is 9.82. The molecule has 6 rings (SSSR count). The average Bonchev–Trinajstić information content (AvgIpc) is 2.88. The Morgan fingerprint density at radius 1 is 0.588 bits per heavy atom. The number of isocyanates is 2. The van der Waals surface area contributed by atoms with Gasteiger partial charge >= 0.3 is 0 Å². The van der Waals surface area contributed by atoms with E-state index in [-0.39, 0.29) is 0 Å². The number of fused-ring (bicyclic) bond motifs is 6. The molecule has 34 heavy (non-hydrogen) atoms. The maximum Gasteiger partial charge on any atom is 0.231 e. The lowest BCUT2D eigenvalue weighted by Gasteiger charge is -2.22. The Morgan fingerprint density at radius 3 is 1.97 bits per heavy atom. The predicted molar refractivity (Wildman–Crippen MR) is 138 cm³/mol. The molecule has 0 aliphatic heterocycles. The molecule has 0 saturated heterocycles. The lowest BCUT2D eigenvalue weighted by Crippen LogP contribution is -2.04. The minimum Gasteiger partial charge on any atom is -0.222 e. The van der Waals surface area contributed by atoms with Crippen molar-refractivity contribution in [3.8, 4) is 11.1 Å². The van der Waals surface area contributed by atoms with Gasteiger partial charge in [0.05, 0.1) is 0 Å². The van der Waals surface area contributed by atoms with Gasteiger partial charge in [-0.2, -0.15) is 0 Å². The molecule has 2 N–H and O–H groups in total. The third kappa shape index (κ3) is 4.29. The van der Waals surface area contributed by atoms with Gasteiger partial charge in [-0.05, 0) is 86.3 Å². The summed E-state index contributed by atoms with van der Waals surface area (Å²) in [5.41, 5.74) is 5.88. The van der Waals surface area contributed by atoms with Crippen molar-refractivity contribution >= 4 is 44.5 Å². The molecule has 0 heterocycles. The van der Waals surface area contributed by atoms with Gasteiger partial charge in [-0.25, -0.2) is 20.4 Å². The summed E-state index contributed by atoms with van der Waals surface area (Å²) in [6, 6.07) is 31.5. The van der Waals surface area contributed by atoms with Crippen molar-refractivity contribution in [1.29, 1.82) is 10.8 Å². The van der Waals surface area contributed by atoms with Crippen molar-refractivity contribution in [1.82, 2.24) is 0 Å². The Morgan fingerprint density at radius 2 is 1.21 bits per heavy atom. The van der Waals surface area contributed by atoms with Crippen LogP contribution in [0.5, 0.6) is 0 Å². The molecule has 0 unspecified atom stereocenters. The average molecular weight is 445 g/mol. The molecule has 0 bridgehead atoms. The molecular formula is C30H24N2O2. The summed E-state index contributed by atoms with van der Waals surface area (Å²) in [5, 5.41) is 19.0. The molecule has 166 valence electrons. The van der Waals surface area contributed by atoms with Gasteiger partial charge in [0.1, 0.15) is 0 Å². The number of benzene rings is 5. The summed E-state index contributed by atoms with van der Waals surface area (Å²) in [7, 11) is 0. The summed E-state index contributed by atoms with van der Waals surface area (Å²) in [6.45, 7) is 0. The molecule has 4 heteroatoms. The standard InChI is InChI=1S/C28H22.2CHNO/c1-4-12-22-19(8-1)11-7-15-25(22)27-18-21-10-3-5-13-23(21)26-17-16-20-9-2-6-14-24(20)28(26)27;2*2-1-3/h1,3-5,7-8,10-13,15-18H,2,6,9,14H2;2*2H. The Hall–Kier alpha value is -4.36. The largest absolute Gasteiger partial charge is 0.231 e. The second-order valence-corrected chi connectivity index (χ2v) is 8.21. The van der Waals surface area contributed by atoms with Gasteiger partial charge in [-0.15, -0.1) is 0 Å². The predicted octanol–water partition coefficient (Wildman–Crippen LogP) is 7.49. The summed E-state index contributed by atoms with van der Waals surface area (Å²) >= 11 is 0. The molecule has 5 aromatic rings. The molecule has 0 atom stereocenters. The van der Waals surface area contributed by atoms with Crippen LogP contribution in [0.2, 0.25) is 0 Å². The zero-order valence-electron chi connectivity index (χ0n) is 18.7. The second kappa shape index (κ2) is 10.5. The van der Waals surface area contributed by atoms with Gasteiger partial charge in [0.2, 0.25) is 12.2 Å². The topological polar surface area (TPSA) is 81.8 Å². The minimum atomic E-state index is 0.750. The Labute approximate surface area is 197 Å². The maximum absolute atomic E-state index is 8.35. The minimum absolute atomic E-state index is 0.750. The summed E-state index contributed by atoms with van der Waals surface area (Å²) < 4.78 is 0. The van der Waals surface area contributed by atoms with Crippen LogP contribution in [0.4, 0.5) is 0 Å². The van der Waals surface area contributed by atoms with Gasteiger partial charge in [-0.1, -0.05) is 78.9 Å². The summed E-state index contributed by atoms with van der Waals surface area (Å²) in [5.74, 6) is 0. The fourth-order valence-corrected chi connectivity index (χ4v) is 5.13. The van der Waals surface area contributed by atoms with Crippen LogP contribution in [0.3, 0.4) is 0 Å². The number of aryl methyl sites for hydroxylation is 2. The highest BCUT2D eigenvalue weighted by Crippen LogP contribution is 2.42. The highest BCUT2D eigenvalue weighted by Gasteiger charge is 2.18. The second-order valence-electron chi connectivity index (χ2n) is 8.21. The first kappa shape index (κ1) is 22.8. The molecule has 0 saturated carbocycles. The van der Waals surface area contributed by atoms with Crippen LogP contribution in [0.1, 0.15) is 24.0 Å². The highest BCUT2D eigenvalue weighted by molar-refractivity contribution is 6.17. The van der Waals surface area contributed by atoms with Crippen molar-refractivity contribution in [2.75, 3.05) is 0 Å². The Kier molecular flexibility index (Phi) is 7.05. The van der Waals surface area contributed by atoms with E-state index >= 15 is 0 Å². The molecule has 0 amide bonds. The Balaban J connectivity index is 0.000000417. The number of hydrogen-bond acceptors (Lipinski definition) is 4. The third-order valence-electron chi connectivity index (χ3n) is 6.43. The lowest BCUT2D eigenvalue weighted by molar-refractivity contribution is 0.562. The normalized spacial score (nSPS) is 11.9. The van der Waals surface area contributed by atoms with Crippen LogP contribution < -0.4 is 0 Å². The first-order chi connectivity index (χ1) is 16.7. The number of rotatable bonds is 1. The van der Waals surface area contributed by atoms with Crippen LogP contribution in [0.25, 0.3) is 43.4 Å². The zero-order valence-corrected chi connectivity index (χ0v) is 18.7. The summed E-state index contributed by atoms with van der Waals surface area (Å²) in [4.78, 5) is 16.7. The zero-order chi connectivity index (χ0) is 23.9. The van der Waals surface area contributed by atoms with E-state index in [9.17, 15) is 0 Å². The van der Waals surface area contributed by atoms with Crippen LogP contribution in [-0.4, -0.2) is 12.2 Å². The van der Waals surface area contributed by atoms with E-state index in [4.69, 9.17) is 20.4 Å². The Bertz CT molecular complexity index is 1540. The van der Waals surface area contributed by atoms with Crippen LogP contribution in [0, 0.1) is 10.8 Å². The van der Waals surface area contributed by atoms with E-state index in [1.165, 1.54) is 69.1 Å². The van der Waals surface area contributed by atoms with Crippen LogP contribution in [0.15, 0.2) is 84.9 Å². The monoisotopic (exact) mass is 444 g/mol. The SMILES string of the molecule is N=C=O.N=C=O.c1ccc2c(-c3cc4ccccc4c4ccc5c(c34)CCCC5)cccc2c1. The first-order valence-corrected chi connectivity index (χ1v) is 11.3. The maximum atomic E-state index is 8.35. The molecule has 4 nitrogen and oxygen atoms in total. The van der Waals surface area contributed by atoms with Gasteiger partial charge in [0.25, 0.3) is 0 Å². The molecule has 0 spiro atoms. The van der Waals surface area contributed by atoms with Gasteiger partial charge in [0, 0.05) is 0 Å². The van der Waals surface area contributed by atoms with E-state index in [1.54, 1.807) is 11.1 Å². The molecule has 1 aliphatic rings. The van der Waals surface area contributed by atoms with Crippen molar-refractivity contribution in [3.05, 3.63) is 96.1 Å². The number of nitrogens with one attached hydrogen (secondary N) is 2. The van der Waals surface area contributed by atoms with Crippen molar-refractivity contribution in [2.45, 2.75) is 25.7 Å². The fraction of sp³-hybridized carbons (Fsp3) is 0.133. The van der Waals surface area contributed by atoms with Crippen molar-refractivity contribution < 1.29 is 9.59 Å². The first-order valence-electron chi connectivity index (χ1n) is 11.3. The van der Waals surface area contributed by atoms with E-state index in [0.717, 1.165) is 12.2 Å². The van der Waals surface area contributed by atoms with E-state index < -0.39 is 0 Å². The van der Waals surface area contributed by atoms with Crippen LogP contribution >= 0.6 is 0 Å². The van der Waals surface area contributed by atoms with E-state index in [1.807, 2.05) is 0 Å².